The Morgan fingerprint density at radius 2 is 1.61 bits per heavy atom. The van der Waals surface area contributed by atoms with Gasteiger partial charge >= 0.3 is 12.1 Å². The molecule has 2 fully saturated rings. The van der Waals surface area contributed by atoms with Gasteiger partial charge in [0.15, 0.2) is 0 Å². The Labute approximate surface area is 273 Å². The molecule has 248 valence electrons. The van der Waals surface area contributed by atoms with Gasteiger partial charge in [-0.05, 0) is 62.1 Å². The van der Waals surface area contributed by atoms with E-state index in [1.165, 1.54) is 0 Å². The van der Waals surface area contributed by atoms with Crippen molar-refractivity contribution in [2.45, 2.75) is 51.2 Å². The van der Waals surface area contributed by atoms with Crippen molar-refractivity contribution in [1.82, 2.24) is 24.7 Å². The fraction of sp³-hybridized carbons (Fsp3) is 0.452. The number of halogens is 5. The van der Waals surface area contributed by atoms with Crippen LogP contribution in [0.2, 0.25) is 10.0 Å². The summed E-state index contributed by atoms with van der Waals surface area (Å²) in [6.07, 6.45) is -3.11. The van der Waals surface area contributed by atoms with Gasteiger partial charge in [-0.1, -0.05) is 29.3 Å². The lowest BCUT2D eigenvalue weighted by Gasteiger charge is -2.44. The summed E-state index contributed by atoms with van der Waals surface area (Å²) in [5.74, 6) is -2.11. The fourth-order valence-electron chi connectivity index (χ4n) is 6.00. The molecule has 2 aliphatic rings. The molecule has 2 atom stereocenters. The van der Waals surface area contributed by atoms with Crippen LogP contribution in [0.1, 0.15) is 53.8 Å². The van der Waals surface area contributed by atoms with Crippen LogP contribution in [-0.4, -0.2) is 98.9 Å². The Hall–Kier alpha value is -3.84. The highest BCUT2D eigenvalue weighted by Gasteiger charge is 2.40. The number of aromatic amines is 1. The Kier molecular flexibility index (Phi) is 10.9. The van der Waals surface area contributed by atoms with E-state index in [0.717, 1.165) is 22.4 Å². The van der Waals surface area contributed by atoms with Gasteiger partial charge in [0.2, 0.25) is 11.8 Å². The van der Waals surface area contributed by atoms with Gasteiger partial charge in [0, 0.05) is 63.6 Å². The molecule has 0 radical (unpaired) electrons. The number of hydrogen-bond acceptors (Lipinski definition) is 5. The van der Waals surface area contributed by atoms with Crippen molar-refractivity contribution in [2.75, 3.05) is 33.2 Å². The maximum atomic E-state index is 13.7. The third kappa shape index (κ3) is 8.11. The van der Waals surface area contributed by atoms with Crippen LogP contribution in [-0.2, 0) is 14.4 Å². The molecule has 1 aromatic heterocycles. The fourth-order valence-corrected chi connectivity index (χ4v) is 6.30. The summed E-state index contributed by atoms with van der Waals surface area (Å²) in [5.41, 5.74) is 3.17. The summed E-state index contributed by atoms with van der Waals surface area (Å²) >= 11 is 12.6. The van der Waals surface area contributed by atoms with Gasteiger partial charge < -0.3 is 24.8 Å². The number of hydrogen-bond donors (Lipinski definition) is 2. The normalized spacial score (nSPS) is 19.0. The predicted octanol–water partition coefficient (Wildman–Crippen LogP) is 5.53. The zero-order valence-corrected chi connectivity index (χ0v) is 26.9. The highest BCUT2D eigenvalue weighted by Crippen LogP contribution is 2.36. The molecule has 15 heteroatoms. The zero-order chi connectivity index (χ0) is 33.9. The Morgan fingerprint density at radius 1 is 0.978 bits per heavy atom. The topological polar surface area (TPSA) is 127 Å². The van der Waals surface area contributed by atoms with Crippen molar-refractivity contribution in [1.29, 1.82) is 0 Å². The maximum absolute atomic E-state index is 13.7. The lowest BCUT2D eigenvalue weighted by atomic mass is 9.83. The van der Waals surface area contributed by atoms with E-state index in [9.17, 15) is 27.6 Å². The standard InChI is InChI=1S/C29H33Cl2N5O3.C2HF3O2/c1-17-32-25-7-5-21(15-26(25)33-17)28(38)34(3)27-10-13-36(16-22(27)20-4-6-23(30)24(31)14-20)29(39)19-8-11-35(12-9-19)18(2)37;3-2(4,5)1(6)7/h4-7,14-15,19,22,27H,8-13,16H2,1-3H3,(H,32,33);(H,6,7). The first-order valence-electron chi connectivity index (χ1n) is 14.6. The van der Waals surface area contributed by atoms with Crippen LogP contribution in [0.3, 0.4) is 0 Å². The van der Waals surface area contributed by atoms with E-state index in [-0.39, 0.29) is 35.6 Å². The molecule has 2 aliphatic heterocycles. The van der Waals surface area contributed by atoms with E-state index in [2.05, 4.69) is 9.97 Å². The molecule has 5 rings (SSSR count). The average molecular weight is 685 g/mol. The molecule has 46 heavy (non-hydrogen) atoms. The number of alkyl halides is 3. The van der Waals surface area contributed by atoms with Gasteiger partial charge in [0.25, 0.3) is 5.91 Å². The minimum Gasteiger partial charge on any atom is -0.475 e. The number of aliphatic carboxylic acids is 1. The molecule has 10 nitrogen and oxygen atoms in total. The lowest BCUT2D eigenvalue weighted by Crippen LogP contribution is -2.53. The smallest absolute Gasteiger partial charge is 0.475 e. The highest BCUT2D eigenvalue weighted by atomic mass is 35.5. The van der Waals surface area contributed by atoms with E-state index in [0.29, 0.717) is 61.1 Å². The van der Waals surface area contributed by atoms with Gasteiger partial charge in [-0.25, -0.2) is 9.78 Å². The van der Waals surface area contributed by atoms with Crippen molar-refractivity contribution in [3.8, 4) is 0 Å². The lowest BCUT2D eigenvalue weighted by molar-refractivity contribution is -0.192. The molecule has 0 bridgehead atoms. The number of carbonyl (C=O) groups is 4. The number of carboxylic acids is 1. The first kappa shape index (κ1) is 35.0. The SMILES string of the molecule is CC(=O)N1CCC(C(=O)N2CCC(N(C)C(=O)c3ccc4nc(C)[nH]c4c3)C(c3ccc(Cl)c(Cl)c3)C2)CC1.O=C(O)C(F)(F)F. The summed E-state index contributed by atoms with van der Waals surface area (Å²) in [5, 5.41) is 8.03. The van der Waals surface area contributed by atoms with Gasteiger partial charge in [-0.3, -0.25) is 14.4 Å². The number of piperidine rings is 2. The molecule has 0 spiro atoms. The van der Waals surface area contributed by atoms with Gasteiger partial charge in [0.1, 0.15) is 5.82 Å². The summed E-state index contributed by atoms with van der Waals surface area (Å²) < 4.78 is 31.7. The summed E-state index contributed by atoms with van der Waals surface area (Å²) in [6.45, 7) is 5.71. The van der Waals surface area contributed by atoms with Crippen LogP contribution in [0.4, 0.5) is 13.2 Å². The van der Waals surface area contributed by atoms with E-state index < -0.39 is 12.1 Å². The monoisotopic (exact) mass is 683 g/mol. The van der Waals surface area contributed by atoms with E-state index >= 15 is 0 Å². The van der Waals surface area contributed by atoms with Crippen LogP contribution in [0.15, 0.2) is 36.4 Å². The van der Waals surface area contributed by atoms with E-state index in [1.807, 2.05) is 49.2 Å². The van der Waals surface area contributed by atoms with Gasteiger partial charge in [-0.15, -0.1) is 0 Å². The van der Waals surface area contributed by atoms with E-state index in [1.54, 1.807) is 22.8 Å². The Morgan fingerprint density at radius 3 is 2.20 bits per heavy atom. The maximum Gasteiger partial charge on any atom is 0.490 e. The van der Waals surface area contributed by atoms with Crippen molar-refractivity contribution >= 4 is 57.9 Å². The molecule has 0 saturated carbocycles. The average Bonchev–Trinajstić information content (AvgIpc) is 3.40. The second kappa shape index (κ2) is 14.3. The van der Waals surface area contributed by atoms with Crippen LogP contribution >= 0.6 is 23.2 Å². The van der Waals surface area contributed by atoms with Crippen LogP contribution < -0.4 is 0 Å². The van der Waals surface area contributed by atoms with Crippen molar-refractivity contribution in [3.05, 3.63) is 63.4 Å². The quantitative estimate of drug-likeness (QED) is 0.373. The van der Waals surface area contributed by atoms with Crippen molar-refractivity contribution in [3.63, 3.8) is 0 Å². The number of likely N-dealkylation sites (tertiary alicyclic amines) is 2. The third-order valence-electron chi connectivity index (χ3n) is 8.46. The molecule has 0 aliphatic carbocycles. The molecule has 3 aromatic rings. The van der Waals surface area contributed by atoms with Crippen LogP contribution in [0, 0.1) is 12.8 Å². The van der Waals surface area contributed by atoms with Crippen molar-refractivity contribution in [2.24, 2.45) is 5.92 Å². The summed E-state index contributed by atoms with van der Waals surface area (Å²) in [6, 6.07) is 10.9. The van der Waals surface area contributed by atoms with Gasteiger partial charge in [-0.2, -0.15) is 13.2 Å². The number of fused-ring (bicyclic) bond motifs is 1. The molecule has 3 amide bonds. The molecule has 2 unspecified atom stereocenters. The first-order chi connectivity index (χ1) is 21.6. The zero-order valence-electron chi connectivity index (χ0n) is 25.4. The number of H-pyrrole nitrogens is 1. The molecule has 2 saturated heterocycles. The van der Waals surface area contributed by atoms with Crippen molar-refractivity contribution < 1.29 is 37.5 Å². The summed E-state index contributed by atoms with van der Waals surface area (Å²) in [4.78, 5) is 61.0. The molecule has 2 aromatic carbocycles. The number of likely N-dealkylation sites (N-methyl/N-ethyl adjacent to an activating group) is 1. The number of amides is 3. The molecular weight excluding hydrogens is 650 g/mol. The number of rotatable bonds is 4. The van der Waals surface area contributed by atoms with Crippen LogP contribution in [0.5, 0.6) is 0 Å². The Bertz CT molecular complexity index is 1620. The number of imidazole rings is 1. The summed E-state index contributed by atoms with van der Waals surface area (Å²) in [7, 11) is 1.83. The second-order valence-corrected chi connectivity index (χ2v) is 12.3. The molecule has 2 N–H and O–H groups in total. The Balaban J connectivity index is 0.000000617. The number of benzene rings is 2. The number of aromatic nitrogens is 2. The van der Waals surface area contributed by atoms with Gasteiger partial charge in [0.05, 0.1) is 21.1 Å². The predicted molar refractivity (Wildman–Crippen MR) is 166 cm³/mol. The number of nitrogens with one attached hydrogen (secondary N) is 1. The molecular formula is C31H34Cl2F3N5O5. The largest absolute Gasteiger partial charge is 0.490 e. The number of nitrogens with zero attached hydrogens (tertiary/aromatic N) is 4. The number of aryl methyl sites for hydroxylation is 1. The first-order valence-corrected chi connectivity index (χ1v) is 15.3. The minimum atomic E-state index is -5.08. The van der Waals surface area contributed by atoms with E-state index in [4.69, 9.17) is 33.1 Å². The number of carboxylic acid groups (broad SMARTS) is 1. The highest BCUT2D eigenvalue weighted by molar-refractivity contribution is 6.42. The second-order valence-electron chi connectivity index (χ2n) is 11.5. The minimum absolute atomic E-state index is 0.0518. The van der Waals surface area contributed by atoms with Crippen LogP contribution in [0.25, 0.3) is 11.0 Å². The number of carbonyl (C=O) groups excluding carboxylic acids is 3. The molecule has 3 heterocycles. The third-order valence-corrected chi connectivity index (χ3v) is 9.20.